The fourth-order valence-electron chi connectivity index (χ4n) is 2.53. The predicted molar refractivity (Wildman–Crippen MR) is 79.9 cm³/mol. The van der Waals surface area contributed by atoms with Gasteiger partial charge in [-0.2, -0.15) is 0 Å². The number of carbonyl (C=O) groups is 1. The Morgan fingerprint density at radius 2 is 2.30 bits per heavy atom. The van der Waals surface area contributed by atoms with Crippen molar-refractivity contribution in [2.75, 3.05) is 11.9 Å². The summed E-state index contributed by atoms with van der Waals surface area (Å²) in [5.41, 5.74) is 1.12. The fraction of sp³-hybridized carbons (Fsp3) is 0.643. The van der Waals surface area contributed by atoms with Gasteiger partial charge in [-0.1, -0.05) is 6.92 Å². The quantitative estimate of drug-likeness (QED) is 0.571. The third-order valence-electron chi connectivity index (χ3n) is 3.74. The monoisotopic (exact) mass is 296 g/mol. The molecule has 1 aliphatic carbocycles. The Hall–Kier alpha value is -1.36. The van der Waals surface area contributed by atoms with Gasteiger partial charge in [0.15, 0.2) is 0 Å². The molecule has 0 unspecified atom stereocenters. The molecule has 2 N–H and O–H groups in total. The lowest BCUT2D eigenvalue weighted by atomic mass is 9.77. The molecule has 20 heavy (non-hydrogen) atoms. The first-order valence-electron chi connectivity index (χ1n) is 7.18. The smallest absolute Gasteiger partial charge is 0.224 e. The molecule has 1 aliphatic rings. The molecule has 0 bridgehead atoms. The van der Waals surface area contributed by atoms with Crippen LogP contribution in [-0.4, -0.2) is 29.0 Å². The number of rotatable bonds is 8. The zero-order valence-electron chi connectivity index (χ0n) is 11.7. The average molecular weight is 297 g/mol. The first-order valence-corrected chi connectivity index (χ1v) is 7.55. The Labute approximate surface area is 124 Å². The number of hydrogen-bond donors (Lipinski definition) is 2. The minimum absolute atomic E-state index is 0.284. The zero-order valence-corrected chi connectivity index (χ0v) is 12.5. The fourth-order valence-corrected chi connectivity index (χ4v) is 2.66. The number of halogens is 1. The molecule has 1 aromatic heterocycles. The second-order valence-corrected chi connectivity index (χ2v) is 5.64. The number of aromatic nitrogens is 2. The SMILES string of the molecule is CCCNc1nc(Cl)ncc1CC[C@H]1C[C@@H](NC=O)C1. The molecule has 1 fully saturated rings. The van der Waals surface area contributed by atoms with Crippen LogP contribution in [0.1, 0.15) is 38.2 Å². The van der Waals surface area contributed by atoms with Crippen LogP contribution in [-0.2, 0) is 11.2 Å². The topological polar surface area (TPSA) is 66.9 Å². The summed E-state index contributed by atoms with van der Waals surface area (Å²) >= 11 is 5.85. The number of nitrogens with zero attached hydrogens (tertiary/aromatic N) is 2. The van der Waals surface area contributed by atoms with Crippen molar-refractivity contribution in [1.82, 2.24) is 15.3 Å². The highest BCUT2D eigenvalue weighted by molar-refractivity contribution is 6.28. The molecule has 5 nitrogen and oxygen atoms in total. The third kappa shape index (κ3) is 4.07. The average Bonchev–Trinajstić information content (AvgIpc) is 2.40. The predicted octanol–water partition coefficient (Wildman–Crippen LogP) is 2.41. The normalized spacial score (nSPS) is 21.1. The number of amides is 1. The van der Waals surface area contributed by atoms with Gasteiger partial charge in [0.05, 0.1) is 0 Å². The second kappa shape index (κ2) is 7.43. The highest BCUT2D eigenvalue weighted by Gasteiger charge is 2.28. The molecule has 0 radical (unpaired) electrons. The molecule has 2 rings (SSSR count). The van der Waals surface area contributed by atoms with Crippen LogP contribution in [0.5, 0.6) is 0 Å². The van der Waals surface area contributed by atoms with Gasteiger partial charge in [-0.3, -0.25) is 4.79 Å². The summed E-state index contributed by atoms with van der Waals surface area (Å²) in [7, 11) is 0. The van der Waals surface area contributed by atoms with E-state index >= 15 is 0 Å². The first-order chi connectivity index (χ1) is 9.72. The lowest BCUT2D eigenvalue weighted by Gasteiger charge is -2.34. The summed E-state index contributed by atoms with van der Waals surface area (Å²) in [5.74, 6) is 1.54. The van der Waals surface area contributed by atoms with Gasteiger partial charge < -0.3 is 10.6 Å². The lowest BCUT2D eigenvalue weighted by Crippen LogP contribution is -2.40. The van der Waals surface area contributed by atoms with Crippen molar-refractivity contribution in [2.24, 2.45) is 5.92 Å². The van der Waals surface area contributed by atoms with Crippen LogP contribution in [0.3, 0.4) is 0 Å². The van der Waals surface area contributed by atoms with Crippen LogP contribution < -0.4 is 10.6 Å². The van der Waals surface area contributed by atoms with E-state index in [0.29, 0.717) is 12.0 Å². The van der Waals surface area contributed by atoms with Crippen LogP contribution in [0.25, 0.3) is 0 Å². The number of aryl methyl sites for hydroxylation is 1. The Morgan fingerprint density at radius 3 is 3.00 bits per heavy atom. The van der Waals surface area contributed by atoms with E-state index in [9.17, 15) is 4.79 Å². The van der Waals surface area contributed by atoms with Crippen molar-refractivity contribution >= 4 is 23.8 Å². The zero-order chi connectivity index (χ0) is 14.4. The van der Waals surface area contributed by atoms with Gasteiger partial charge in [-0.05, 0) is 49.6 Å². The lowest BCUT2D eigenvalue weighted by molar-refractivity contribution is -0.110. The second-order valence-electron chi connectivity index (χ2n) is 5.30. The van der Waals surface area contributed by atoms with Gasteiger partial charge in [-0.15, -0.1) is 0 Å². The van der Waals surface area contributed by atoms with E-state index in [4.69, 9.17) is 11.6 Å². The van der Waals surface area contributed by atoms with Gasteiger partial charge in [0.25, 0.3) is 0 Å². The van der Waals surface area contributed by atoms with E-state index in [-0.39, 0.29) is 5.28 Å². The molecule has 0 spiro atoms. The highest BCUT2D eigenvalue weighted by Crippen LogP contribution is 2.31. The van der Waals surface area contributed by atoms with Crippen LogP contribution in [0.15, 0.2) is 6.20 Å². The molecule has 0 aliphatic heterocycles. The van der Waals surface area contributed by atoms with Crippen molar-refractivity contribution in [1.29, 1.82) is 0 Å². The Kier molecular flexibility index (Phi) is 5.59. The molecule has 110 valence electrons. The summed E-state index contributed by atoms with van der Waals surface area (Å²) in [6.07, 6.45) is 7.84. The summed E-state index contributed by atoms with van der Waals surface area (Å²) in [4.78, 5) is 18.7. The molecular formula is C14H21ClN4O. The van der Waals surface area contributed by atoms with Gasteiger partial charge >= 0.3 is 0 Å². The summed E-state index contributed by atoms with van der Waals surface area (Å²) in [6.45, 7) is 3.00. The molecule has 1 amide bonds. The number of nitrogens with one attached hydrogen (secondary N) is 2. The Morgan fingerprint density at radius 1 is 1.50 bits per heavy atom. The minimum atomic E-state index is 0.284. The van der Waals surface area contributed by atoms with Crippen molar-refractivity contribution < 1.29 is 4.79 Å². The summed E-state index contributed by atoms with van der Waals surface area (Å²) in [5, 5.41) is 6.40. The molecule has 0 aromatic carbocycles. The van der Waals surface area contributed by atoms with E-state index < -0.39 is 0 Å². The van der Waals surface area contributed by atoms with Crippen LogP contribution in [0, 0.1) is 5.92 Å². The van der Waals surface area contributed by atoms with Crippen molar-refractivity contribution in [3.05, 3.63) is 17.0 Å². The molecular weight excluding hydrogens is 276 g/mol. The van der Waals surface area contributed by atoms with Crippen LogP contribution >= 0.6 is 11.6 Å². The van der Waals surface area contributed by atoms with Crippen molar-refractivity contribution in [3.63, 3.8) is 0 Å². The van der Waals surface area contributed by atoms with Gasteiger partial charge in [0.1, 0.15) is 5.82 Å². The number of hydrogen-bond acceptors (Lipinski definition) is 4. The van der Waals surface area contributed by atoms with E-state index in [1.54, 1.807) is 0 Å². The van der Waals surface area contributed by atoms with Crippen molar-refractivity contribution in [3.8, 4) is 0 Å². The molecule has 1 aromatic rings. The van der Waals surface area contributed by atoms with Gasteiger partial charge in [0, 0.05) is 24.3 Å². The van der Waals surface area contributed by atoms with Crippen LogP contribution in [0.2, 0.25) is 5.28 Å². The molecule has 1 saturated carbocycles. The largest absolute Gasteiger partial charge is 0.370 e. The summed E-state index contributed by atoms with van der Waals surface area (Å²) in [6, 6.07) is 0.372. The number of carbonyl (C=O) groups excluding carboxylic acids is 1. The minimum Gasteiger partial charge on any atom is -0.370 e. The Bertz CT molecular complexity index is 449. The molecule has 6 heteroatoms. The van der Waals surface area contributed by atoms with Crippen molar-refractivity contribution in [2.45, 2.75) is 45.1 Å². The van der Waals surface area contributed by atoms with Gasteiger partial charge in [0.2, 0.25) is 11.7 Å². The maximum atomic E-state index is 10.3. The standard InChI is InChI=1S/C14H21ClN4O/c1-2-5-16-13-11(8-17-14(15)19-13)4-3-10-6-12(7-10)18-9-20/h8-10,12H,2-7H2,1H3,(H,18,20)(H,16,17,19)/t10-,12+. The number of anilines is 1. The highest BCUT2D eigenvalue weighted by atomic mass is 35.5. The maximum absolute atomic E-state index is 10.3. The van der Waals surface area contributed by atoms with E-state index in [1.165, 1.54) is 0 Å². The van der Waals surface area contributed by atoms with E-state index in [0.717, 1.165) is 56.4 Å². The maximum Gasteiger partial charge on any atom is 0.224 e. The van der Waals surface area contributed by atoms with E-state index in [1.807, 2.05) is 6.20 Å². The summed E-state index contributed by atoms with van der Waals surface area (Å²) < 4.78 is 0. The molecule has 0 saturated heterocycles. The first kappa shape index (κ1) is 15.0. The molecule has 1 heterocycles. The molecule has 0 atom stereocenters. The Balaban J connectivity index is 1.84. The van der Waals surface area contributed by atoms with Gasteiger partial charge in [-0.25, -0.2) is 9.97 Å². The van der Waals surface area contributed by atoms with Crippen LogP contribution in [0.4, 0.5) is 5.82 Å². The van der Waals surface area contributed by atoms with E-state index in [2.05, 4.69) is 27.5 Å². The third-order valence-corrected chi connectivity index (χ3v) is 3.92.